The van der Waals surface area contributed by atoms with Crippen molar-refractivity contribution in [3.05, 3.63) is 58.6 Å². The monoisotopic (exact) mass is 349 g/mol. The number of fused-ring (bicyclic) bond motifs is 1. The normalized spacial score (nSPS) is 10.9. The van der Waals surface area contributed by atoms with E-state index >= 15 is 0 Å². The van der Waals surface area contributed by atoms with Gasteiger partial charge in [-0.15, -0.1) is 0 Å². The van der Waals surface area contributed by atoms with Crippen molar-refractivity contribution in [1.82, 2.24) is 4.98 Å². The van der Waals surface area contributed by atoms with Gasteiger partial charge in [0.05, 0.1) is 17.3 Å². The van der Waals surface area contributed by atoms with Crippen molar-refractivity contribution < 1.29 is 13.5 Å². The third kappa shape index (κ3) is 2.38. The molecule has 0 spiro atoms. The van der Waals surface area contributed by atoms with E-state index in [1.165, 1.54) is 13.2 Å². The van der Waals surface area contributed by atoms with Crippen LogP contribution < -0.4 is 4.74 Å². The summed E-state index contributed by atoms with van der Waals surface area (Å²) in [7, 11) is 1.49. The maximum atomic E-state index is 14.3. The molecular weight excluding hydrogens is 340 g/mol. The highest BCUT2D eigenvalue weighted by Crippen LogP contribution is 2.34. The van der Waals surface area contributed by atoms with E-state index in [1.54, 1.807) is 36.4 Å². The average Bonchev–Trinajstić information content (AvgIpc) is 2.50. The molecule has 0 N–H and O–H groups in total. The number of ether oxygens (including phenoxy) is 1. The van der Waals surface area contributed by atoms with E-state index in [9.17, 15) is 8.78 Å². The molecule has 0 unspecified atom stereocenters. The molecule has 1 aromatic heterocycles. The molecule has 2 aromatic carbocycles. The highest BCUT2D eigenvalue weighted by Gasteiger charge is 2.15. The minimum atomic E-state index is -0.496. The van der Waals surface area contributed by atoms with E-state index < -0.39 is 11.6 Å². The summed E-state index contributed by atoms with van der Waals surface area (Å²) < 4.78 is 33.7. The van der Waals surface area contributed by atoms with Crippen molar-refractivity contribution in [3.8, 4) is 17.0 Å². The molecule has 0 amide bonds. The van der Waals surface area contributed by atoms with Crippen LogP contribution in [0.3, 0.4) is 0 Å². The second-order valence-electron chi connectivity index (χ2n) is 4.45. The van der Waals surface area contributed by atoms with Crippen LogP contribution in [0, 0.1) is 11.6 Å². The molecule has 0 aliphatic carbocycles. The van der Waals surface area contributed by atoms with Gasteiger partial charge in [0.2, 0.25) is 0 Å². The maximum Gasteiger partial charge on any atom is 0.163 e. The molecule has 2 nitrogen and oxygen atoms in total. The van der Waals surface area contributed by atoms with Crippen molar-refractivity contribution >= 4 is 26.8 Å². The molecule has 21 heavy (non-hydrogen) atoms. The third-order valence-electron chi connectivity index (χ3n) is 3.20. The number of halogens is 3. The van der Waals surface area contributed by atoms with Crippen LogP contribution >= 0.6 is 15.9 Å². The second kappa shape index (κ2) is 5.41. The number of pyridine rings is 1. The van der Waals surface area contributed by atoms with Crippen LogP contribution in [0.5, 0.6) is 5.75 Å². The molecule has 3 aromatic rings. The molecule has 5 heteroatoms. The summed E-state index contributed by atoms with van der Waals surface area (Å²) in [6.07, 6.45) is 0. The fraction of sp³-hybridized carbons (Fsp3) is 0.0625. The zero-order valence-electron chi connectivity index (χ0n) is 11.0. The summed E-state index contributed by atoms with van der Waals surface area (Å²) in [6.45, 7) is 0. The Morgan fingerprint density at radius 2 is 1.86 bits per heavy atom. The first kappa shape index (κ1) is 13.9. The third-order valence-corrected chi connectivity index (χ3v) is 3.82. The molecule has 0 saturated heterocycles. The van der Waals surface area contributed by atoms with E-state index in [2.05, 4.69) is 20.9 Å². The van der Waals surface area contributed by atoms with Gasteiger partial charge >= 0.3 is 0 Å². The molecule has 1 heterocycles. The smallest absolute Gasteiger partial charge is 0.163 e. The molecule has 0 aliphatic rings. The topological polar surface area (TPSA) is 22.1 Å². The lowest BCUT2D eigenvalue weighted by atomic mass is 10.1. The summed E-state index contributed by atoms with van der Waals surface area (Å²) in [5.74, 6) is -0.463. The quantitative estimate of drug-likeness (QED) is 0.652. The fourth-order valence-electron chi connectivity index (χ4n) is 2.18. The Kier molecular flexibility index (Phi) is 3.59. The second-order valence-corrected chi connectivity index (χ2v) is 5.30. The number of hydrogen-bond acceptors (Lipinski definition) is 2. The SMILES string of the molecule is COc1cc(-c2ccccc2F)nc2c(F)c(Br)ccc12. The minimum absolute atomic E-state index is 0.141. The number of rotatable bonds is 2. The molecule has 0 radical (unpaired) electrons. The Balaban J connectivity index is 2.36. The van der Waals surface area contributed by atoms with Gasteiger partial charge in [0.25, 0.3) is 0 Å². The van der Waals surface area contributed by atoms with Gasteiger partial charge in [-0.2, -0.15) is 0 Å². The largest absolute Gasteiger partial charge is 0.496 e. The van der Waals surface area contributed by atoms with Crippen LogP contribution in [0.2, 0.25) is 0 Å². The lowest BCUT2D eigenvalue weighted by Crippen LogP contribution is -1.95. The molecule has 0 saturated carbocycles. The summed E-state index contributed by atoms with van der Waals surface area (Å²) in [4.78, 5) is 4.25. The van der Waals surface area contributed by atoms with Crippen molar-refractivity contribution in [2.24, 2.45) is 0 Å². The standard InChI is InChI=1S/C16H10BrF2NO/c1-21-14-8-13(9-4-2-3-5-12(9)18)20-16-10(14)6-7-11(17)15(16)19/h2-8H,1H3. The number of benzene rings is 2. The fourth-order valence-corrected chi connectivity index (χ4v) is 2.50. The van der Waals surface area contributed by atoms with Crippen LogP contribution in [0.25, 0.3) is 22.2 Å². The van der Waals surface area contributed by atoms with E-state index in [4.69, 9.17) is 4.74 Å². The number of nitrogens with zero attached hydrogens (tertiary/aromatic N) is 1. The van der Waals surface area contributed by atoms with Crippen LogP contribution in [0.4, 0.5) is 8.78 Å². The summed E-state index contributed by atoms with van der Waals surface area (Å²) in [5, 5.41) is 0.540. The Bertz CT molecular complexity index is 836. The lowest BCUT2D eigenvalue weighted by Gasteiger charge is -2.10. The van der Waals surface area contributed by atoms with Gasteiger partial charge in [0.15, 0.2) is 5.82 Å². The molecule has 0 atom stereocenters. The van der Waals surface area contributed by atoms with E-state index in [-0.39, 0.29) is 5.52 Å². The van der Waals surface area contributed by atoms with E-state index in [0.717, 1.165) is 0 Å². The molecule has 0 fully saturated rings. The summed E-state index contributed by atoms with van der Waals surface area (Å²) in [5.41, 5.74) is 0.772. The maximum absolute atomic E-state index is 14.3. The number of methoxy groups -OCH3 is 1. The average molecular weight is 350 g/mol. The first-order valence-electron chi connectivity index (χ1n) is 6.19. The zero-order valence-corrected chi connectivity index (χ0v) is 12.6. The van der Waals surface area contributed by atoms with Gasteiger partial charge in [0.1, 0.15) is 17.1 Å². The predicted octanol–water partition coefficient (Wildman–Crippen LogP) is 4.95. The highest BCUT2D eigenvalue weighted by atomic mass is 79.9. The Morgan fingerprint density at radius 1 is 1.10 bits per heavy atom. The summed E-state index contributed by atoms with van der Waals surface area (Å²) >= 11 is 3.13. The van der Waals surface area contributed by atoms with Gasteiger partial charge in [-0.05, 0) is 40.2 Å². The van der Waals surface area contributed by atoms with Crippen molar-refractivity contribution in [2.75, 3.05) is 7.11 Å². The molecule has 0 aliphatic heterocycles. The Morgan fingerprint density at radius 3 is 2.57 bits per heavy atom. The zero-order chi connectivity index (χ0) is 15.0. The van der Waals surface area contributed by atoms with Gasteiger partial charge in [-0.25, -0.2) is 13.8 Å². The molecular formula is C16H10BrF2NO. The van der Waals surface area contributed by atoms with Crippen molar-refractivity contribution in [1.29, 1.82) is 0 Å². The van der Waals surface area contributed by atoms with E-state index in [1.807, 2.05) is 0 Å². The lowest BCUT2D eigenvalue weighted by molar-refractivity contribution is 0.419. The highest BCUT2D eigenvalue weighted by molar-refractivity contribution is 9.10. The van der Waals surface area contributed by atoms with Crippen LogP contribution in [-0.4, -0.2) is 12.1 Å². The number of hydrogen-bond donors (Lipinski definition) is 0. The Hall–Kier alpha value is -2.01. The van der Waals surface area contributed by atoms with Crippen LogP contribution in [-0.2, 0) is 0 Å². The van der Waals surface area contributed by atoms with E-state index in [0.29, 0.717) is 26.9 Å². The number of aromatic nitrogens is 1. The first-order valence-corrected chi connectivity index (χ1v) is 6.98. The van der Waals surface area contributed by atoms with Gasteiger partial charge < -0.3 is 4.74 Å². The molecule has 0 bridgehead atoms. The summed E-state index contributed by atoms with van der Waals surface area (Å²) in [6, 6.07) is 11.1. The van der Waals surface area contributed by atoms with Gasteiger partial charge in [-0.1, -0.05) is 12.1 Å². The van der Waals surface area contributed by atoms with Crippen LogP contribution in [0.15, 0.2) is 46.9 Å². The first-order chi connectivity index (χ1) is 10.1. The predicted molar refractivity (Wildman–Crippen MR) is 81.3 cm³/mol. The van der Waals surface area contributed by atoms with Crippen LogP contribution in [0.1, 0.15) is 0 Å². The van der Waals surface area contributed by atoms with Gasteiger partial charge in [-0.3, -0.25) is 0 Å². The Labute approximate surface area is 128 Å². The molecule has 106 valence electrons. The van der Waals surface area contributed by atoms with Crippen molar-refractivity contribution in [2.45, 2.75) is 0 Å². The molecule has 3 rings (SSSR count). The minimum Gasteiger partial charge on any atom is -0.496 e. The van der Waals surface area contributed by atoms with Crippen molar-refractivity contribution in [3.63, 3.8) is 0 Å². The van der Waals surface area contributed by atoms with Gasteiger partial charge in [0, 0.05) is 17.0 Å².